The van der Waals surface area contributed by atoms with Crippen LogP contribution in [0.5, 0.6) is 11.5 Å². The molecule has 0 spiro atoms. The van der Waals surface area contributed by atoms with E-state index in [1.165, 1.54) is 6.07 Å². The van der Waals surface area contributed by atoms with Gasteiger partial charge >= 0.3 is 0 Å². The summed E-state index contributed by atoms with van der Waals surface area (Å²) < 4.78 is 28.5. The molecule has 9 heteroatoms. The fraction of sp³-hybridized carbons (Fsp3) is 0.208. The van der Waals surface area contributed by atoms with Gasteiger partial charge in [-0.25, -0.2) is 9.37 Å². The number of aromatic nitrogens is 3. The highest BCUT2D eigenvalue weighted by Crippen LogP contribution is 2.37. The van der Waals surface area contributed by atoms with Crippen molar-refractivity contribution in [2.24, 2.45) is 7.05 Å². The van der Waals surface area contributed by atoms with E-state index < -0.39 is 5.82 Å². The van der Waals surface area contributed by atoms with Crippen LogP contribution in [0.3, 0.4) is 0 Å². The van der Waals surface area contributed by atoms with Gasteiger partial charge in [0.2, 0.25) is 0 Å². The number of hydrogen-bond acceptors (Lipinski definition) is 5. The van der Waals surface area contributed by atoms with Crippen LogP contribution >= 0.6 is 11.6 Å². The largest absolute Gasteiger partial charge is 0.453 e. The van der Waals surface area contributed by atoms with Gasteiger partial charge in [0.1, 0.15) is 5.75 Å². The van der Waals surface area contributed by atoms with Crippen molar-refractivity contribution in [3.63, 3.8) is 0 Å². The number of fused-ring (bicyclic) bond motifs is 5. The second kappa shape index (κ2) is 8.46. The molecule has 33 heavy (non-hydrogen) atoms. The number of halogens is 2. The van der Waals surface area contributed by atoms with Crippen LogP contribution in [0.15, 0.2) is 48.8 Å². The monoisotopic (exact) mass is 466 g/mol. The lowest BCUT2D eigenvalue weighted by Crippen LogP contribution is -2.32. The van der Waals surface area contributed by atoms with Crippen LogP contribution in [-0.2, 0) is 18.4 Å². The molecule has 0 saturated heterocycles. The van der Waals surface area contributed by atoms with E-state index in [0.717, 1.165) is 5.56 Å². The summed E-state index contributed by atoms with van der Waals surface area (Å²) in [6, 6.07) is 10.4. The molecule has 168 valence electrons. The zero-order valence-corrected chi connectivity index (χ0v) is 18.8. The summed E-state index contributed by atoms with van der Waals surface area (Å²) in [7, 11) is 3.47. The molecular formula is C24H20ClFN4O3. The number of carbonyl (C=O) groups excluding carboxylic acids is 1. The first-order valence-corrected chi connectivity index (χ1v) is 10.7. The average molecular weight is 467 g/mol. The topological polar surface area (TPSA) is 69.5 Å². The van der Waals surface area contributed by atoms with Crippen molar-refractivity contribution in [1.82, 2.24) is 19.4 Å². The van der Waals surface area contributed by atoms with Crippen molar-refractivity contribution in [1.29, 1.82) is 0 Å². The van der Waals surface area contributed by atoms with E-state index in [-0.39, 0.29) is 29.9 Å². The highest BCUT2D eigenvalue weighted by atomic mass is 35.5. The van der Waals surface area contributed by atoms with E-state index in [2.05, 4.69) is 9.97 Å². The number of benzene rings is 2. The van der Waals surface area contributed by atoms with Crippen LogP contribution < -0.4 is 4.74 Å². The van der Waals surface area contributed by atoms with Gasteiger partial charge in [0.05, 0.1) is 29.4 Å². The van der Waals surface area contributed by atoms with E-state index in [1.54, 1.807) is 48.1 Å². The van der Waals surface area contributed by atoms with Gasteiger partial charge in [0.25, 0.3) is 5.91 Å². The van der Waals surface area contributed by atoms with Crippen molar-refractivity contribution in [2.75, 3.05) is 20.2 Å². The molecule has 4 aromatic rings. The number of amides is 1. The molecule has 3 heterocycles. The lowest BCUT2D eigenvalue weighted by atomic mass is 10.1. The number of hydrogen-bond donors (Lipinski definition) is 0. The molecule has 5 rings (SSSR count). The molecular weight excluding hydrogens is 447 g/mol. The molecule has 2 aromatic heterocycles. The van der Waals surface area contributed by atoms with Crippen molar-refractivity contribution >= 4 is 28.4 Å². The first-order chi connectivity index (χ1) is 15.9. The van der Waals surface area contributed by atoms with E-state index in [0.29, 0.717) is 40.3 Å². The van der Waals surface area contributed by atoms with Crippen molar-refractivity contribution in [2.45, 2.75) is 6.61 Å². The van der Waals surface area contributed by atoms with Crippen LogP contribution in [0, 0.1) is 5.82 Å². The van der Waals surface area contributed by atoms with Gasteiger partial charge in [-0.3, -0.25) is 9.78 Å². The molecule has 0 saturated carbocycles. The molecule has 1 aliphatic rings. The minimum atomic E-state index is -0.665. The fourth-order valence-corrected chi connectivity index (χ4v) is 3.88. The summed E-state index contributed by atoms with van der Waals surface area (Å²) in [5.74, 6) is -0.143. The highest BCUT2D eigenvalue weighted by molar-refractivity contribution is 6.30. The van der Waals surface area contributed by atoms with Gasteiger partial charge < -0.3 is 18.9 Å². The Morgan fingerprint density at radius 2 is 2.00 bits per heavy atom. The standard InChI is InChI=1S/C24H20ClFN4O3/c1-29-9-10-32-13-15-3-5-17(25)21(26)22(15)33-20-7-8-27-18-6-4-14(11-16(18)20)19-12-30(2)23(28-19)24(29)31/h3-8,11-12H,9-10,13H2,1-2H3. The Morgan fingerprint density at radius 3 is 2.85 bits per heavy atom. The second-order valence-corrected chi connectivity index (χ2v) is 8.24. The minimum Gasteiger partial charge on any atom is -0.453 e. The van der Waals surface area contributed by atoms with Crippen molar-refractivity contribution < 1.29 is 18.7 Å². The number of aryl methyl sites for hydroxylation is 1. The van der Waals surface area contributed by atoms with Gasteiger partial charge in [-0.2, -0.15) is 0 Å². The average Bonchev–Trinajstić information content (AvgIpc) is 3.21. The van der Waals surface area contributed by atoms with Gasteiger partial charge in [0, 0.05) is 49.5 Å². The predicted molar refractivity (Wildman–Crippen MR) is 122 cm³/mol. The molecule has 0 N–H and O–H groups in total. The maximum atomic E-state index is 15.0. The second-order valence-electron chi connectivity index (χ2n) is 7.83. The summed E-state index contributed by atoms with van der Waals surface area (Å²) >= 11 is 6.04. The lowest BCUT2D eigenvalue weighted by Gasteiger charge is -2.18. The first kappa shape index (κ1) is 21.4. The molecule has 1 amide bonds. The van der Waals surface area contributed by atoms with E-state index >= 15 is 0 Å². The Hall–Kier alpha value is -3.49. The number of pyridine rings is 1. The number of rotatable bonds is 0. The quantitative estimate of drug-likeness (QED) is 0.371. The third kappa shape index (κ3) is 3.92. The van der Waals surface area contributed by atoms with Crippen LogP contribution in [0.2, 0.25) is 5.02 Å². The highest BCUT2D eigenvalue weighted by Gasteiger charge is 2.21. The molecule has 0 aliphatic carbocycles. The van der Waals surface area contributed by atoms with Crippen LogP contribution in [0.1, 0.15) is 16.2 Å². The van der Waals surface area contributed by atoms with Crippen LogP contribution in [0.25, 0.3) is 22.2 Å². The zero-order valence-electron chi connectivity index (χ0n) is 18.0. The predicted octanol–water partition coefficient (Wildman–Crippen LogP) is 4.82. The molecule has 0 fully saturated rings. The van der Waals surface area contributed by atoms with Crippen LogP contribution in [0.4, 0.5) is 4.39 Å². The van der Waals surface area contributed by atoms with Gasteiger partial charge in [-0.1, -0.05) is 23.7 Å². The molecule has 2 aromatic carbocycles. The molecule has 7 nitrogen and oxygen atoms in total. The zero-order chi connectivity index (χ0) is 23.1. The molecule has 0 atom stereocenters. The van der Waals surface area contributed by atoms with E-state index in [9.17, 15) is 9.18 Å². The number of likely N-dealkylation sites (N-methyl/N-ethyl adjacent to an activating group) is 1. The summed E-state index contributed by atoms with van der Waals surface area (Å²) in [6.07, 6.45) is 3.39. The number of imidazole rings is 1. The third-order valence-electron chi connectivity index (χ3n) is 5.58. The van der Waals surface area contributed by atoms with Gasteiger partial charge in [-0.05, 0) is 24.3 Å². The smallest absolute Gasteiger partial charge is 0.289 e. The van der Waals surface area contributed by atoms with E-state index in [4.69, 9.17) is 21.1 Å². The van der Waals surface area contributed by atoms with Gasteiger partial charge in [-0.15, -0.1) is 0 Å². The Morgan fingerprint density at radius 1 is 1.15 bits per heavy atom. The summed E-state index contributed by atoms with van der Waals surface area (Å²) in [5, 5.41) is 0.623. The van der Waals surface area contributed by atoms with Gasteiger partial charge in [0.15, 0.2) is 17.4 Å². The molecule has 0 radical (unpaired) electrons. The summed E-state index contributed by atoms with van der Waals surface area (Å²) in [6.45, 7) is 0.682. The third-order valence-corrected chi connectivity index (χ3v) is 5.88. The maximum absolute atomic E-state index is 15.0. The lowest BCUT2D eigenvalue weighted by molar-refractivity contribution is 0.0654. The number of carbonyl (C=O) groups is 1. The first-order valence-electron chi connectivity index (χ1n) is 10.3. The maximum Gasteiger partial charge on any atom is 0.289 e. The molecule has 1 aliphatic heterocycles. The Labute approximate surface area is 194 Å². The molecule has 0 unspecified atom stereocenters. The van der Waals surface area contributed by atoms with E-state index in [1.807, 2.05) is 18.2 Å². The number of nitrogens with zero attached hydrogens (tertiary/aromatic N) is 4. The summed E-state index contributed by atoms with van der Waals surface area (Å²) in [5.41, 5.74) is 2.58. The number of ether oxygens (including phenoxy) is 2. The fourth-order valence-electron chi connectivity index (χ4n) is 3.74. The Kier molecular flexibility index (Phi) is 5.47. The van der Waals surface area contributed by atoms with Crippen molar-refractivity contribution in [3.05, 3.63) is 71.0 Å². The minimum absolute atomic E-state index is 0.00273. The van der Waals surface area contributed by atoms with Crippen LogP contribution in [-0.4, -0.2) is 45.5 Å². The van der Waals surface area contributed by atoms with Crippen molar-refractivity contribution in [3.8, 4) is 22.8 Å². The normalized spacial score (nSPS) is 14.4. The Bertz CT molecular complexity index is 1390. The Balaban J connectivity index is 1.70. The summed E-state index contributed by atoms with van der Waals surface area (Å²) in [4.78, 5) is 23.4. The molecule has 4 bridgehead atoms. The SMILES string of the molecule is CN1CCOCc2ccc(Cl)c(F)c2Oc2ccnc3ccc(cc23)-c2cn(C)c(n2)C1=O.